The van der Waals surface area contributed by atoms with Crippen LogP contribution in [0.15, 0.2) is 133 Å². The van der Waals surface area contributed by atoms with Crippen LogP contribution >= 0.6 is 0 Å². The molecular formula is C61H76O8. The Bertz CT molecular complexity index is 2390. The van der Waals surface area contributed by atoms with Gasteiger partial charge in [-0.1, -0.05) is 165 Å². The molecule has 0 saturated heterocycles. The first kappa shape index (κ1) is 52.7. The quantitative estimate of drug-likeness (QED) is 0.0532. The van der Waals surface area contributed by atoms with Crippen molar-refractivity contribution in [3.8, 4) is 23.0 Å². The maximum absolute atomic E-state index is 10.8. The Kier molecular flexibility index (Phi) is 16.8. The first-order valence-electron chi connectivity index (χ1n) is 24.4. The van der Waals surface area contributed by atoms with Crippen molar-refractivity contribution in [2.45, 2.75) is 136 Å². The van der Waals surface area contributed by atoms with Crippen molar-refractivity contribution in [3.63, 3.8) is 0 Å². The van der Waals surface area contributed by atoms with E-state index < -0.39 is 46.1 Å². The average Bonchev–Trinajstić information content (AvgIpc) is 3.32. The van der Waals surface area contributed by atoms with Gasteiger partial charge in [-0.3, -0.25) is 0 Å². The second kappa shape index (κ2) is 22.0. The third-order valence-electron chi connectivity index (χ3n) is 13.6. The van der Waals surface area contributed by atoms with Crippen LogP contribution in [0, 0.1) is 0 Å². The summed E-state index contributed by atoms with van der Waals surface area (Å²) in [5.74, 6) is 2.78. The topological polar surface area (TPSA) is 118 Å². The molecule has 8 nitrogen and oxygen atoms in total. The molecule has 0 spiro atoms. The molecule has 0 aliphatic heterocycles. The number of hydrogen-bond donors (Lipinski definition) is 4. The Hall–Kier alpha value is -5.64. The molecule has 0 saturated carbocycles. The number of aliphatic hydroxyl groups is 4. The predicted octanol–water partition coefficient (Wildman–Crippen LogP) is 11.6. The predicted molar refractivity (Wildman–Crippen MR) is 279 cm³/mol. The molecule has 6 aromatic carbocycles. The van der Waals surface area contributed by atoms with Crippen molar-refractivity contribution in [2.24, 2.45) is 0 Å². The molecule has 4 unspecified atom stereocenters. The van der Waals surface area contributed by atoms with Gasteiger partial charge in [-0.05, 0) is 96.5 Å². The highest BCUT2D eigenvalue weighted by molar-refractivity contribution is 5.60. The van der Waals surface area contributed by atoms with Gasteiger partial charge < -0.3 is 39.4 Å². The first-order chi connectivity index (χ1) is 32.5. The second-order valence-corrected chi connectivity index (χ2v) is 21.1. The Morgan fingerprint density at radius 3 is 0.942 bits per heavy atom. The van der Waals surface area contributed by atoms with Crippen molar-refractivity contribution in [1.82, 2.24) is 0 Å². The molecule has 8 heteroatoms. The zero-order valence-electron chi connectivity index (χ0n) is 43.0. The Labute approximate surface area is 411 Å². The van der Waals surface area contributed by atoms with E-state index in [9.17, 15) is 20.4 Å². The van der Waals surface area contributed by atoms with Crippen molar-refractivity contribution in [1.29, 1.82) is 0 Å². The molecule has 0 aromatic heterocycles. The van der Waals surface area contributed by atoms with Crippen LogP contribution < -0.4 is 18.9 Å². The third kappa shape index (κ3) is 12.6. The van der Waals surface area contributed by atoms with E-state index in [2.05, 4.69) is 152 Å². The van der Waals surface area contributed by atoms with Crippen LogP contribution in [-0.2, 0) is 28.1 Å². The van der Waals surface area contributed by atoms with E-state index in [1.54, 1.807) is 27.7 Å². The van der Waals surface area contributed by atoms with Gasteiger partial charge in [-0.25, -0.2) is 0 Å². The molecule has 6 rings (SSSR count). The molecule has 69 heavy (non-hydrogen) atoms. The minimum Gasteiger partial charge on any atom is -0.491 e. The molecule has 6 aromatic rings. The van der Waals surface area contributed by atoms with E-state index in [1.165, 1.54) is 0 Å². The van der Waals surface area contributed by atoms with E-state index in [0.717, 1.165) is 55.6 Å². The fourth-order valence-electron chi connectivity index (χ4n) is 8.97. The molecule has 0 amide bonds. The molecule has 0 heterocycles. The van der Waals surface area contributed by atoms with Gasteiger partial charge in [0.05, 0.1) is 24.4 Å². The number of rotatable bonds is 22. The van der Waals surface area contributed by atoms with E-state index in [4.69, 9.17) is 18.9 Å². The van der Waals surface area contributed by atoms with E-state index in [0.29, 0.717) is 29.4 Å². The minimum absolute atomic E-state index is 0.0865. The smallest absolute Gasteiger partial charge is 0.127 e. The van der Waals surface area contributed by atoms with Crippen molar-refractivity contribution >= 4 is 0 Å². The molecule has 0 aliphatic carbocycles. The zero-order chi connectivity index (χ0) is 50.3. The summed E-state index contributed by atoms with van der Waals surface area (Å²) in [4.78, 5) is 0. The van der Waals surface area contributed by atoms with Gasteiger partial charge >= 0.3 is 0 Å². The SMILES string of the molecule is CC(O)COc1ccc(C(C)(C)c2cc(Cc3cc(C(C)(C)c4ccc(OCC(C)O)cc4)cc(C(C)(C)c4ccccc4)c3OCC(C)O)c(OCC(C)O)c(C(C)(C)c3ccccc3)c2)cc1. The van der Waals surface area contributed by atoms with Crippen molar-refractivity contribution in [3.05, 3.63) is 189 Å². The van der Waals surface area contributed by atoms with E-state index in [-0.39, 0.29) is 26.4 Å². The van der Waals surface area contributed by atoms with Crippen LogP contribution in [0.4, 0.5) is 0 Å². The molecular weight excluding hydrogens is 861 g/mol. The Morgan fingerprint density at radius 2 is 0.638 bits per heavy atom. The lowest BCUT2D eigenvalue weighted by molar-refractivity contribution is 0.120. The molecule has 0 radical (unpaired) electrons. The lowest BCUT2D eigenvalue weighted by atomic mass is 9.70. The Morgan fingerprint density at radius 1 is 0.348 bits per heavy atom. The summed E-state index contributed by atoms with van der Waals surface area (Å²) >= 11 is 0. The Balaban J connectivity index is 1.65. The molecule has 4 atom stereocenters. The van der Waals surface area contributed by atoms with Gasteiger partial charge in [0, 0.05) is 39.2 Å². The van der Waals surface area contributed by atoms with Gasteiger partial charge in [-0.2, -0.15) is 0 Å². The summed E-state index contributed by atoms with van der Waals surface area (Å²) in [6.45, 7) is 25.3. The normalized spacial score (nSPS) is 14.1. The summed E-state index contributed by atoms with van der Waals surface area (Å²) < 4.78 is 25.5. The van der Waals surface area contributed by atoms with Crippen LogP contribution in [-0.4, -0.2) is 71.3 Å². The lowest BCUT2D eigenvalue weighted by Gasteiger charge is -2.35. The fraction of sp³-hybridized carbons (Fsp3) is 0.410. The molecule has 4 N–H and O–H groups in total. The first-order valence-corrected chi connectivity index (χ1v) is 24.4. The van der Waals surface area contributed by atoms with Gasteiger partial charge in [-0.15, -0.1) is 0 Å². The molecule has 0 bridgehead atoms. The van der Waals surface area contributed by atoms with Crippen LogP contribution in [0.25, 0.3) is 0 Å². The summed E-state index contributed by atoms with van der Waals surface area (Å²) in [5.41, 5.74) is 8.25. The maximum Gasteiger partial charge on any atom is 0.127 e. The highest BCUT2D eigenvalue weighted by atomic mass is 16.5. The standard InChI is InChI=1S/C61H76O8/c1-40(62)36-66-52-27-23-48(24-28-52)58(5,6)50-32-44(56(68-38-42(3)64)54(34-50)60(9,10)46-19-15-13-16-20-46)31-45-33-51(59(7,8)49-25-29-53(30-26-49)67-37-41(2)63)35-55(57(45)69-39-43(4)65)61(11,12)47-21-17-14-18-22-47/h13-30,32-35,40-43,62-65H,31,36-39H2,1-12H3. The zero-order valence-corrected chi connectivity index (χ0v) is 43.0. The fourth-order valence-corrected chi connectivity index (χ4v) is 8.97. The number of aliphatic hydroxyl groups excluding tert-OH is 4. The summed E-state index contributed by atoms with van der Waals surface area (Å²) in [6.07, 6.45) is -2.23. The summed E-state index contributed by atoms with van der Waals surface area (Å²) in [5, 5.41) is 41.4. The average molecular weight is 937 g/mol. The number of hydrogen-bond acceptors (Lipinski definition) is 8. The summed E-state index contributed by atoms with van der Waals surface area (Å²) in [6, 6.07) is 46.2. The van der Waals surface area contributed by atoms with Crippen LogP contribution in [0.3, 0.4) is 0 Å². The van der Waals surface area contributed by atoms with Crippen LogP contribution in [0.2, 0.25) is 0 Å². The highest BCUT2D eigenvalue weighted by Crippen LogP contribution is 2.48. The monoisotopic (exact) mass is 937 g/mol. The molecule has 368 valence electrons. The van der Waals surface area contributed by atoms with Crippen LogP contribution in [0.1, 0.15) is 139 Å². The minimum atomic E-state index is -0.729. The number of ether oxygens (including phenoxy) is 4. The van der Waals surface area contributed by atoms with E-state index >= 15 is 0 Å². The van der Waals surface area contributed by atoms with Gasteiger partial charge in [0.2, 0.25) is 0 Å². The molecule has 0 aliphatic rings. The summed E-state index contributed by atoms with van der Waals surface area (Å²) in [7, 11) is 0. The van der Waals surface area contributed by atoms with Crippen molar-refractivity contribution < 1.29 is 39.4 Å². The van der Waals surface area contributed by atoms with Gasteiger partial charge in [0.25, 0.3) is 0 Å². The van der Waals surface area contributed by atoms with E-state index in [1.807, 2.05) is 36.4 Å². The van der Waals surface area contributed by atoms with Crippen LogP contribution in [0.5, 0.6) is 23.0 Å². The third-order valence-corrected chi connectivity index (χ3v) is 13.6. The second-order valence-electron chi connectivity index (χ2n) is 21.1. The van der Waals surface area contributed by atoms with Gasteiger partial charge in [0.15, 0.2) is 0 Å². The molecule has 0 fully saturated rings. The maximum atomic E-state index is 10.8. The number of benzene rings is 6. The lowest BCUT2D eigenvalue weighted by Crippen LogP contribution is -2.27. The van der Waals surface area contributed by atoms with Gasteiger partial charge in [0.1, 0.15) is 49.4 Å². The largest absolute Gasteiger partial charge is 0.491 e. The van der Waals surface area contributed by atoms with Crippen molar-refractivity contribution in [2.75, 3.05) is 26.4 Å². The highest BCUT2D eigenvalue weighted by Gasteiger charge is 2.36.